The Balaban J connectivity index is 1.61. The second-order valence-corrected chi connectivity index (χ2v) is 9.02. The van der Waals surface area contributed by atoms with Gasteiger partial charge in [-0.1, -0.05) is 30.9 Å². The van der Waals surface area contributed by atoms with Gasteiger partial charge in [-0.25, -0.2) is 0 Å². The van der Waals surface area contributed by atoms with Crippen molar-refractivity contribution >= 4 is 34.3 Å². The molecule has 2 aromatic heterocycles. The monoisotopic (exact) mass is 469 g/mol. The summed E-state index contributed by atoms with van der Waals surface area (Å²) in [5, 5.41) is 11.9. The lowest BCUT2D eigenvalue weighted by Gasteiger charge is -2.35. The average molecular weight is 470 g/mol. The van der Waals surface area contributed by atoms with E-state index >= 15 is 0 Å². The number of fused-ring (bicyclic) bond motifs is 1. The minimum Gasteiger partial charge on any atom is -0.503 e. The summed E-state index contributed by atoms with van der Waals surface area (Å²) in [6.45, 7) is 1.80. The first kappa shape index (κ1) is 21.6. The van der Waals surface area contributed by atoms with Crippen molar-refractivity contribution in [3.63, 3.8) is 0 Å². The maximum atomic E-state index is 13.7. The Hall–Kier alpha value is -3.19. The summed E-state index contributed by atoms with van der Waals surface area (Å²) in [5.41, 5.74) is 0.327. The maximum Gasteiger partial charge on any atom is 0.290 e. The van der Waals surface area contributed by atoms with Crippen LogP contribution in [0.15, 0.2) is 50.5 Å². The number of aliphatic hydroxyl groups is 1. The minimum absolute atomic E-state index is 0.0151. The van der Waals surface area contributed by atoms with Gasteiger partial charge in [-0.3, -0.25) is 9.59 Å². The molecular formula is C25H24ClNO6. The number of nitrogens with zero attached hydrogens (tertiary/aromatic N) is 1. The van der Waals surface area contributed by atoms with E-state index in [1.54, 1.807) is 42.2 Å². The molecule has 1 aromatic carbocycles. The third-order valence-corrected chi connectivity index (χ3v) is 6.70. The number of aliphatic hydroxyl groups excluding tert-OH is 1. The molecule has 33 heavy (non-hydrogen) atoms. The molecule has 1 atom stereocenters. The summed E-state index contributed by atoms with van der Waals surface area (Å²) in [6, 6.07) is 7.43. The molecule has 1 amide bonds. The Morgan fingerprint density at radius 1 is 1.15 bits per heavy atom. The number of ketones is 1. The van der Waals surface area contributed by atoms with Crippen molar-refractivity contribution in [2.24, 2.45) is 0 Å². The second-order valence-electron chi connectivity index (χ2n) is 8.58. The first-order valence-corrected chi connectivity index (χ1v) is 11.4. The molecule has 5 rings (SSSR count). The van der Waals surface area contributed by atoms with Crippen LogP contribution in [0.4, 0.5) is 0 Å². The quantitative estimate of drug-likeness (QED) is 0.467. The Labute approximate surface area is 195 Å². The topological polar surface area (TPSA) is 93.1 Å². The van der Waals surface area contributed by atoms with Crippen LogP contribution in [0.5, 0.6) is 5.75 Å². The Morgan fingerprint density at radius 2 is 1.91 bits per heavy atom. The van der Waals surface area contributed by atoms with Crippen LogP contribution in [-0.2, 0) is 4.79 Å². The number of ether oxygens (including phenoxy) is 1. The lowest BCUT2D eigenvalue weighted by atomic mass is 9.92. The lowest BCUT2D eigenvalue weighted by Crippen LogP contribution is -2.41. The molecule has 3 aromatic rings. The van der Waals surface area contributed by atoms with Gasteiger partial charge in [-0.05, 0) is 44.0 Å². The number of furan rings is 2. The van der Waals surface area contributed by atoms with E-state index in [2.05, 4.69) is 0 Å². The SMILES string of the molecule is COc1cc(Cl)cc2cc(C(=O)C3=C(O)C(=O)N(C4CCCCC4)C3c3ccc(C)o3)oc12. The fourth-order valence-electron chi connectivity index (χ4n) is 4.95. The molecule has 172 valence electrons. The van der Waals surface area contributed by atoms with E-state index in [1.165, 1.54) is 7.11 Å². The largest absolute Gasteiger partial charge is 0.503 e. The standard InChI is InChI=1S/C25H24ClNO6/c1-13-8-9-17(32-13)21-20(23(29)25(30)27(21)16-6-4-3-5-7-16)22(28)18-11-14-10-15(26)12-19(31-2)24(14)33-18/h8-12,16,21,29H,3-7H2,1-2H3. The molecule has 8 heteroatoms. The predicted octanol–water partition coefficient (Wildman–Crippen LogP) is 5.91. The highest BCUT2D eigenvalue weighted by Crippen LogP contribution is 2.44. The van der Waals surface area contributed by atoms with Gasteiger partial charge in [-0.15, -0.1) is 0 Å². The third kappa shape index (κ3) is 3.60. The van der Waals surface area contributed by atoms with Gasteiger partial charge >= 0.3 is 0 Å². The normalized spacial score (nSPS) is 19.7. The number of halogens is 1. The van der Waals surface area contributed by atoms with Gasteiger partial charge in [0, 0.05) is 22.5 Å². The highest BCUT2D eigenvalue weighted by Gasteiger charge is 2.48. The van der Waals surface area contributed by atoms with E-state index in [4.69, 9.17) is 25.2 Å². The number of carbonyl (C=O) groups excluding carboxylic acids is 2. The summed E-state index contributed by atoms with van der Waals surface area (Å²) >= 11 is 6.15. The van der Waals surface area contributed by atoms with E-state index in [9.17, 15) is 14.7 Å². The molecule has 1 aliphatic heterocycles. The molecular weight excluding hydrogens is 446 g/mol. The van der Waals surface area contributed by atoms with E-state index < -0.39 is 23.5 Å². The van der Waals surface area contributed by atoms with E-state index in [-0.39, 0.29) is 17.4 Å². The Bertz CT molecular complexity index is 1280. The number of benzene rings is 1. The summed E-state index contributed by atoms with van der Waals surface area (Å²) < 4.78 is 17.0. The minimum atomic E-state index is -0.819. The molecule has 3 heterocycles. The fraction of sp³-hybridized carbons (Fsp3) is 0.360. The summed E-state index contributed by atoms with van der Waals surface area (Å²) in [5.74, 6) is -0.223. The van der Waals surface area contributed by atoms with E-state index in [1.807, 2.05) is 0 Å². The number of carbonyl (C=O) groups is 2. The van der Waals surface area contributed by atoms with Crippen LogP contribution in [-0.4, -0.2) is 34.8 Å². The van der Waals surface area contributed by atoms with Crippen LogP contribution in [0, 0.1) is 6.92 Å². The number of hydrogen-bond acceptors (Lipinski definition) is 6. The van der Waals surface area contributed by atoms with Crippen molar-refractivity contribution in [1.29, 1.82) is 0 Å². The molecule has 1 N–H and O–H groups in total. The van der Waals surface area contributed by atoms with Gasteiger partial charge in [0.15, 0.2) is 22.9 Å². The number of Topliss-reactive ketones (excluding diaryl/α,β-unsaturated/α-hetero) is 1. The van der Waals surface area contributed by atoms with E-state index in [0.717, 1.165) is 32.1 Å². The van der Waals surface area contributed by atoms with Gasteiger partial charge in [-0.2, -0.15) is 0 Å². The van der Waals surface area contributed by atoms with Crippen molar-refractivity contribution in [3.05, 3.63) is 64.0 Å². The zero-order chi connectivity index (χ0) is 23.3. The molecule has 0 saturated heterocycles. The van der Waals surface area contributed by atoms with Crippen LogP contribution in [0.3, 0.4) is 0 Å². The highest BCUT2D eigenvalue weighted by atomic mass is 35.5. The van der Waals surface area contributed by atoms with Crippen molar-refractivity contribution in [1.82, 2.24) is 4.90 Å². The molecule has 1 unspecified atom stereocenters. The average Bonchev–Trinajstić information content (AvgIpc) is 3.50. The second kappa shape index (κ2) is 8.30. The number of methoxy groups -OCH3 is 1. The fourth-order valence-corrected chi connectivity index (χ4v) is 5.17. The Morgan fingerprint density at radius 3 is 2.58 bits per heavy atom. The third-order valence-electron chi connectivity index (χ3n) is 6.48. The smallest absolute Gasteiger partial charge is 0.290 e. The van der Waals surface area contributed by atoms with Gasteiger partial charge in [0.25, 0.3) is 5.91 Å². The van der Waals surface area contributed by atoms with Gasteiger partial charge in [0.05, 0.1) is 12.7 Å². The molecule has 7 nitrogen and oxygen atoms in total. The van der Waals surface area contributed by atoms with Crippen LogP contribution in [0.1, 0.15) is 60.2 Å². The van der Waals surface area contributed by atoms with Gasteiger partial charge in [0.2, 0.25) is 5.78 Å². The summed E-state index contributed by atoms with van der Waals surface area (Å²) in [7, 11) is 1.48. The molecule has 2 aliphatic rings. The van der Waals surface area contributed by atoms with Crippen LogP contribution >= 0.6 is 11.6 Å². The number of hydrogen-bond donors (Lipinski definition) is 1. The number of aryl methyl sites for hydroxylation is 1. The maximum absolute atomic E-state index is 13.7. The summed E-state index contributed by atoms with van der Waals surface area (Å²) in [6.07, 6.45) is 4.73. The molecule has 0 radical (unpaired) electrons. The first-order chi connectivity index (χ1) is 15.9. The van der Waals surface area contributed by atoms with Gasteiger partial charge < -0.3 is 23.6 Å². The summed E-state index contributed by atoms with van der Waals surface area (Å²) in [4.78, 5) is 28.5. The number of amides is 1. The molecule has 1 fully saturated rings. The van der Waals surface area contributed by atoms with Gasteiger partial charge in [0.1, 0.15) is 17.6 Å². The Kier molecular flexibility index (Phi) is 5.44. The van der Waals surface area contributed by atoms with Crippen molar-refractivity contribution < 1.29 is 28.3 Å². The lowest BCUT2D eigenvalue weighted by molar-refractivity contribution is -0.132. The van der Waals surface area contributed by atoms with E-state index in [0.29, 0.717) is 33.3 Å². The number of rotatable bonds is 5. The van der Waals surface area contributed by atoms with Crippen molar-refractivity contribution in [2.45, 2.75) is 51.1 Å². The first-order valence-electron chi connectivity index (χ1n) is 11.0. The van der Waals surface area contributed by atoms with Crippen LogP contribution in [0.2, 0.25) is 5.02 Å². The highest BCUT2D eigenvalue weighted by molar-refractivity contribution is 6.31. The molecule has 1 aliphatic carbocycles. The molecule has 0 spiro atoms. The molecule has 1 saturated carbocycles. The van der Waals surface area contributed by atoms with Crippen LogP contribution < -0.4 is 4.74 Å². The van der Waals surface area contributed by atoms with Crippen LogP contribution in [0.25, 0.3) is 11.0 Å². The predicted molar refractivity (Wildman–Crippen MR) is 122 cm³/mol. The molecule has 0 bridgehead atoms. The van der Waals surface area contributed by atoms with Crippen molar-refractivity contribution in [2.75, 3.05) is 7.11 Å². The van der Waals surface area contributed by atoms with Crippen molar-refractivity contribution in [3.8, 4) is 5.75 Å². The zero-order valence-electron chi connectivity index (χ0n) is 18.4. The zero-order valence-corrected chi connectivity index (χ0v) is 19.1.